The topological polar surface area (TPSA) is 97.2 Å². The number of pyridine rings is 1. The summed E-state index contributed by atoms with van der Waals surface area (Å²) in [6.45, 7) is 16.0. The zero-order valence-corrected chi connectivity index (χ0v) is 24.1. The molecule has 2 aliphatic heterocycles. The molecule has 206 valence electrons. The Morgan fingerprint density at radius 1 is 0.789 bits per heavy atom. The van der Waals surface area contributed by atoms with Gasteiger partial charge in [-0.15, -0.1) is 0 Å². The summed E-state index contributed by atoms with van der Waals surface area (Å²) < 4.78 is 0. The Balaban J connectivity index is 1.15. The van der Waals surface area contributed by atoms with Crippen molar-refractivity contribution in [2.75, 3.05) is 26.2 Å². The monoisotopic (exact) mass is 517 g/mol. The predicted octanol–water partition coefficient (Wildman–Crippen LogP) is 3.13. The summed E-state index contributed by atoms with van der Waals surface area (Å²) in [4.78, 5) is 19.8. The van der Waals surface area contributed by atoms with E-state index in [0.717, 1.165) is 82.5 Å². The minimum atomic E-state index is -0.0188. The summed E-state index contributed by atoms with van der Waals surface area (Å²) in [6, 6.07) is 4.97. The number of hydrogen-bond donors (Lipinski definition) is 2. The standard InChI is InChI=1S/C31H47N7/c1-28(2,3)37-14-8-30(9-15-37)22-7-6-21(36-23(22)18-25(30)32)20-29(4,5)38-16-10-31(11-17-38)26(33)19-24-27(31)35-13-12-34-24/h6-7,12-13,25-26H,8-11,14-20,32-33H2,1-5H3. The molecule has 2 aromatic rings. The Morgan fingerprint density at radius 2 is 1.37 bits per heavy atom. The molecule has 0 bridgehead atoms. The van der Waals surface area contributed by atoms with E-state index in [1.165, 1.54) is 17.0 Å². The Bertz CT molecular complexity index is 1180. The van der Waals surface area contributed by atoms with Crippen molar-refractivity contribution in [3.8, 4) is 0 Å². The van der Waals surface area contributed by atoms with Crippen LogP contribution in [0.4, 0.5) is 0 Å². The van der Waals surface area contributed by atoms with E-state index < -0.39 is 0 Å². The number of likely N-dealkylation sites (tertiary alicyclic amines) is 2. The highest BCUT2D eigenvalue weighted by Gasteiger charge is 2.51. The molecular weight excluding hydrogens is 470 g/mol. The highest BCUT2D eigenvalue weighted by Crippen LogP contribution is 2.47. The van der Waals surface area contributed by atoms with E-state index in [-0.39, 0.29) is 34.0 Å². The molecule has 4 aliphatic rings. The normalized spacial score (nSPS) is 27.1. The second kappa shape index (κ2) is 9.05. The SMILES string of the molecule is CC(C)(C)N1CCC2(CC1)c1ccc(CC(C)(C)N3CCC4(CC3)c3nccnc3CC4N)nc1CC2N. The summed E-state index contributed by atoms with van der Waals surface area (Å²) in [5, 5.41) is 0. The van der Waals surface area contributed by atoms with Crippen LogP contribution in [0.15, 0.2) is 24.5 Å². The van der Waals surface area contributed by atoms with Crippen molar-refractivity contribution in [2.45, 2.75) is 114 Å². The van der Waals surface area contributed by atoms with Gasteiger partial charge in [-0.3, -0.25) is 24.8 Å². The first-order chi connectivity index (χ1) is 17.9. The van der Waals surface area contributed by atoms with Gasteiger partial charge in [-0.25, -0.2) is 0 Å². The number of nitrogens with zero attached hydrogens (tertiary/aromatic N) is 5. The Labute approximate surface area is 228 Å². The summed E-state index contributed by atoms with van der Waals surface area (Å²) in [5.41, 5.74) is 20.0. The van der Waals surface area contributed by atoms with Gasteiger partial charge in [-0.1, -0.05) is 6.07 Å². The molecule has 38 heavy (non-hydrogen) atoms. The van der Waals surface area contributed by atoms with Crippen molar-refractivity contribution in [2.24, 2.45) is 11.5 Å². The lowest BCUT2D eigenvalue weighted by Crippen LogP contribution is -2.56. The molecule has 7 heteroatoms. The van der Waals surface area contributed by atoms with Crippen LogP contribution in [0.2, 0.25) is 0 Å². The van der Waals surface area contributed by atoms with Crippen molar-refractivity contribution in [3.63, 3.8) is 0 Å². The highest BCUT2D eigenvalue weighted by atomic mass is 15.2. The lowest BCUT2D eigenvalue weighted by atomic mass is 9.71. The summed E-state index contributed by atoms with van der Waals surface area (Å²) >= 11 is 0. The molecule has 7 nitrogen and oxygen atoms in total. The van der Waals surface area contributed by atoms with E-state index in [9.17, 15) is 0 Å². The lowest BCUT2D eigenvalue weighted by molar-refractivity contribution is 0.0563. The quantitative estimate of drug-likeness (QED) is 0.646. The van der Waals surface area contributed by atoms with Gasteiger partial charge in [0.25, 0.3) is 0 Å². The molecule has 0 saturated carbocycles. The van der Waals surface area contributed by atoms with E-state index >= 15 is 0 Å². The van der Waals surface area contributed by atoms with E-state index in [0.29, 0.717) is 0 Å². The molecule has 0 radical (unpaired) electrons. The van der Waals surface area contributed by atoms with Crippen molar-refractivity contribution in [1.82, 2.24) is 24.8 Å². The molecule has 2 aliphatic carbocycles. The van der Waals surface area contributed by atoms with Crippen LogP contribution < -0.4 is 11.5 Å². The van der Waals surface area contributed by atoms with E-state index in [1.54, 1.807) is 6.20 Å². The Kier molecular flexibility index (Phi) is 6.26. The molecule has 2 saturated heterocycles. The van der Waals surface area contributed by atoms with Crippen molar-refractivity contribution in [1.29, 1.82) is 0 Å². The molecule has 2 spiro atoms. The Morgan fingerprint density at radius 3 is 2.05 bits per heavy atom. The summed E-state index contributed by atoms with van der Waals surface area (Å²) in [6.07, 6.45) is 10.7. The van der Waals surface area contributed by atoms with Crippen LogP contribution in [0.5, 0.6) is 0 Å². The second-order valence-electron chi connectivity index (χ2n) is 14.2. The molecular formula is C31H47N7. The van der Waals surface area contributed by atoms with Gasteiger partial charge < -0.3 is 11.5 Å². The summed E-state index contributed by atoms with van der Waals surface area (Å²) in [5.74, 6) is 0. The van der Waals surface area contributed by atoms with E-state index in [2.05, 4.69) is 61.5 Å². The third-order valence-corrected chi connectivity index (χ3v) is 10.8. The molecule has 2 unspecified atom stereocenters. The second-order valence-corrected chi connectivity index (χ2v) is 14.2. The van der Waals surface area contributed by atoms with Crippen LogP contribution in [0.25, 0.3) is 0 Å². The van der Waals surface area contributed by atoms with Gasteiger partial charge in [-0.2, -0.15) is 0 Å². The van der Waals surface area contributed by atoms with Gasteiger partial charge in [0.05, 0.1) is 11.4 Å². The first-order valence-corrected chi connectivity index (χ1v) is 14.8. The molecule has 0 aromatic carbocycles. The molecule has 4 heterocycles. The van der Waals surface area contributed by atoms with Gasteiger partial charge in [0.1, 0.15) is 0 Å². The first kappa shape index (κ1) is 26.3. The van der Waals surface area contributed by atoms with Crippen LogP contribution in [0, 0.1) is 0 Å². The Hall–Kier alpha value is -1.93. The number of piperidine rings is 2. The number of nitrogens with two attached hydrogens (primary N) is 2. The van der Waals surface area contributed by atoms with Crippen molar-refractivity contribution >= 4 is 0 Å². The molecule has 2 atom stereocenters. The van der Waals surface area contributed by atoms with Gasteiger partial charge in [-0.05, 0) is 98.1 Å². The zero-order chi connectivity index (χ0) is 26.9. The van der Waals surface area contributed by atoms with Gasteiger partial charge in [0.2, 0.25) is 0 Å². The number of aromatic nitrogens is 3. The fourth-order valence-electron chi connectivity index (χ4n) is 8.26. The highest BCUT2D eigenvalue weighted by molar-refractivity contribution is 5.40. The van der Waals surface area contributed by atoms with Crippen LogP contribution in [0.1, 0.15) is 88.6 Å². The van der Waals surface area contributed by atoms with Crippen molar-refractivity contribution < 1.29 is 0 Å². The molecule has 2 fully saturated rings. The maximum absolute atomic E-state index is 6.86. The average molecular weight is 518 g/mol. The largest absolute Gasteiger partial charge is 0.327 e. The maximum atomic E-state index is 6.86. The minimum absolute atomic E-state index is 0.0188. The number of hydrogen-bond acceptors (Lipinski definition) is 7. The lowest BCUT2D eigenvalue weighted by Gasteiger charge is -2.48. The van der Waals surface area contributed by atoms with Crippen LogP contribution >= 0.6 is 0 Å². The third-order valence-electron chi connectivity index (χ3n) is 10.8. The fraction of sp³-hybridized carbons (Fsp3) is 0.710. The number of fused-ring (bicyclic) bond motifs is 4. The first-order valence-electron chi connectivity index (χ1n) is 14.8. The van der Waals surface area contributed by atoms with E-state index in [4.69, 9.17) is 21.4 Å². The van der Waals surface area contributed by atoms with Gasteiger partial charge >= 0.3 is 0 Å². The minimum Gasteiger partial charge on any atom is -0.327 e. The average Bonchev–Trinajstić information content (AvgIpc) is 3.29. The van der Waals surface area contributed by atoms with Gasteiger partial charge in [0, 0.05) is 77.0 Å². The smallest absolute Gasteiger partial charge is 0.0697 e. The molecule has 4 N–H and O–H groups in total. The fourth-order valence-corrected chi connectivity index (χ4v) is 8.26. The molecule has 6 rings (SSSR count). The van der Waals surface area contributed by atoms with Crippen LogP contribution in [-0.4, -0.2) is 74.1 Å². The van der Waals surface area contributed by atoms with Crippen LogP contribution in [-0.2, 0) is 30.1 Å². The van der Waals surface area contributed by atoms with Crippen LogP contribution in [0.3, 0.4) is 0 Å². The van der Waals surface area contributed by atoms with E-state index in [1.807, 2.05) is 6.20 Å². The maximum Gasteiger partial charge on any atom is 0.0697 e. The summed E-state index contributed by atoms with van der Waals surface area (Å²) in [7, 11) is 0. The zero-order valence-electron chi connectivity index (χ0n) is 24.1. The van der Waals surface area contributed by atoms with Gasteiger partial charge in [0.15, 0.2) is 0 Å². The number of rotatable bonds is 3. The molecule has 2 aromatic heterocycles. The predicted molar refractivity (Wildman–Crippen MR) is 152 cm³/mol. The molecule has 0 amide bonds. The van der Waals surface area contributed by atoms with Crippen molar-refractivity contribution in [3.05, 3.63) is 52.9 Å². The third kappa shape index (κ3) is 4.12.